The molecule has 3 aromatic rings. The van der Waals surface area contributed by atoms with Crippen molar-refractivity contribution in [1.82, 2.24) is 10.3 Å². The van der Waals surface area contributed by atoms with Crippen molar-refractivity contribution < 1.29 is 18.3 Å². The van der Waals surface area contributed by atoms with Crippen LogP contribution in [0.4, 0.5) is 0 Å². The fourth-order valence-electron chi connectivity index (χ4n) is 3.09. The van der Waals surface area contributed by atoms with Gasteiger partial charge in [-0.05, 0) is 35.4 Å². The number of nitrogens with one attached hydrogen (secondary N) is 1. The van der Waals surface area contributed by atoms with E-state index in [9.17, 15) is 18.3 Å². The molecule has 9 heteroatoms. The molecular formula is C21H24N2O4S3. The summed E-state index contributed by atoms with van der Waals surface area (Å²) >= 11 is 3.07. The lowest BCUT2D eigenvalue weighted by atomic mass is 10.0. The molecule has 2 aromatic carbocycles. The predicted octanol–water partition coefficient (Wildman–Crippen LogP) is 4.58. The number of fused-ring (bicyclic) bond motifs is 1. The molecule has 0 spiro atoms. The van der Waals surface area contributed by atoms with E-state index in [1.54, 1.807) is 74.1 Å². The van der Waals surface area contributed by atoms with Crippen molar-refractivity contribution in [1.29, 1.82) is 0 Å². The maximum atomic E-state index is 13.6. The summed E-state index contributed by atoms with van der Waals surface area (Å²) < 4.78 is 28.9. The zero-order chi connectivity index (χ0) is 21.9. The van der Waals surface area contributed by atoms with Crippen LogP contribution in [0.1, 0.15) is 31.7 Å². The zero-order valence-corrected chi connectivity index (χ0v) is 19.4. The first-order chi connectivity index (χ1) is 14.2. The van der Waals surface area contributed by atoms with E-state index in [1.165, 1.54) is 11.3 Å². The molecule has 0 radical (unpaired) electrons. The summed E-state index contributed by atoms with van der Waals surface area (Å²) in [5, 5.41) is 11.3. The largest absolute Gasteiger partial charge is 0.480 e. The molecule has 30 heavy (non-hydrogen) atoms. The highest BCUT2D eigenvalue weighted by Gasteiger charge is 2.34. The molecule has 1 unspecified atom stereocenters. The van der Waals surface area contributed by atoms with Crippen molar-refractivity contribution in [3.05, 3.63) is 54.1 Å². The summed E-state index contributed by atoms with van der Waals surface area (Å²) in [6, 6.07) is 12.5. The van der Waals surface area contributed by atoms with Gasteiger partial charge in [0.15, 0.2) is 14.2 Å². The van der Waals surface area contributed by atoms with Crippen LogP contribution in [0.25, 0.3) is 10.2 Å². The fourth-order valence-corrected chi connectivity index (χ4v) is 6.82. The Morgan fingerprint density at radius 1 is 1.20 bits per heavy atom. The number of sulfone groups is 1. The van der Waals surface area contributed by atoms with Crippen molar-refractivity contribution in [3.8, 4) is 0 Å². The molecule has 2 N–H and O–H groups in total. The van der Waals surface area contributed by atoms with Gasteiger partial charge < -0.3 is 5.11 Å². The maximum absolute atomic E-state index is 13.6. The third-order valence-electron chi connectivity index (χ3n) is 4.61. The second-order valence-corrected chi connectivity index (χ2v) is 11.7. The van der Waals surface area contributed by atoms with Gasteiger partial charge in [0, 0.05) is 0 Å². The topological polar surface area (TPSA) is 96.4 Å². The fraction of sp³-hybridized carbons (Fsp3) is 0.333. The van der Waals surface area contributed by atoms with E-state index >= 15 is 0 Å². The first-order valence-corrected chi connectivity index (χ1v) is 12.9. The summed E-state index contributed by atoms with van der Waals surface area (Å²) in [4.78, 5) is 16.4. The van der Waals surface area contributed by atoms with Gasteiger partial charge in [-0.2, -0.15) is 0 Å². The number of rotatable bonds is 9. The Morgan fingerprint density at radius 2 is 1.90 bits per heavy atom. The third-order valence-corrected chi connectivity index (χ3v) is 8.60. The van der Waals surface area contributed by atoms with E-state index in [1.807, 2.05) is 6.92 Å². The highest BCUT2D eigenvalue weighted by atomic mass is 32.2. The minimum absolute atomic E-state index is 0.140. The van der Waals surface area contributed by atoms with Crippen molar-refractivity contribution in [2.45, 2.75) is 41.4 Å². The molecule has 0 aliphatic rings. The molecule has 0 saturated carbocycles. The van der Waals surface area contributed by atoms with Gasteiger partial charge in [0.05, 0.1) is 15.1 Å². The van der Waals surface area contributed by atoms with Crippen molar-refractivity contribution in [2.24, 2.45) is 5.92 Å². The maximum Gasteiger partial charge on any atom is 0.321 e. The van der Waals surface area contributed by atoms with Crippen LogP contribution >= 0.6 is 23.1 Å². The van der Waals surface area contributed by atoms with Crippen LogP contribution in [0.5, 0.6) is 0 Å². The highest BCUT2D eigenvalue weighted by molar-refractivity contribution is 8.01. The van der Waals surface area contributed by atoms with Gasteiger partial charge in [-0.25, -0.2) is 13.4 Å². The van der Waals surface area contributed by atoms with Crippen LogP contribution in [0.15, 0.2) is 57.8 Å². The Morgan fingerprint density at radius 3 is 2.50 bits per heavy atom. The highest BCUT2D eigenvalue weighted by Crippen LogP contribution is 2.34. The number of benzene rings is 2. The predicted molar refractivity (Wildman–Crippen MR) is 122 cm³/mol. The SMILES string of the molecule is CCSc1nc2ccc(S(=O)(=O)C(N[C@@H](C(=O)O)C(C)C)c3ccccc3)cc2s1. The standard InChI is InChI=1S/C21H24N2O4S3/c1-4-28-21-22-16-11-10-15(12-17(16)29-21)30(26,27)19(14-8-6-5-7-9-14)23-18(13(2)3)20(24)25/h5-13,18-19,23H,4H2,1-3H3,(H,24,25)/t18-,19?/m1/s1. The molecule has 0 amide bonds. The van der Waals surface area contributed by atoms with Gasteiger partial charge >= 0.3 is 5.97 Å². The first-order valence-electron chi connectivity index (χ1n) is 9.55. The molecule has 1 aromatic heterocycles. The monoisotopic (exact) mass is 464 g/mol. The molecule has 0 aliphatic heterocycles. The lowest BCUT2D eigenvalue weighted by Gasteiger charge is -2.26. The van der Waals surface area contributed by atoms with Gasteiger partial charge in [0.25, 0.3) is 0 Å². The average Bonchev–Trinajstić information content (AvgIpc) is 3.10. The Balaban J connectivity index is 2.07. The van der Waals surface area contributed by atoms with E-state index < -0.39 is 27.2 Å². The van der Waals surface area contributed by atoms with Crippen LogP contribution < -0.4 is 5.32 Å². The Hall–Kier alpha value is -1.94. The zero-order valence-electron chi connectivity index (χ0n) is 16.9. The number of aromatic nitrogens is 1. The van der Waals surface area contributed by atoms with Gasteiger partial charge in [-0.15, -0.1) is 11.3 Å². The van der Waals surface area contributed by atoms with E-state index in [0.29, 0.717) is 5.56 Å². The number of hydrogen-bond acceptors (Lipinski definition) is 7. The Bertz CT molecular complexity index is 1130. The molecule has 1 heterocycles. The second kappa shape index (κ2) is 9.47. The molecule has 160 valence electrons. The lowest BCUT2D eigenvalue weighted by Crippen LogP contribution is -2.45. The van der Waals surface area contributed by atoms with Gasteiger partial charge in [0.2, 0.25) is 0 Å². The molecule has 0 saturated heterocycles. The number of aliphatic carboxylic acids is 1. The van der Waals surface area contributed by atoms with Gasteiger partial charge in [-0.1, -0.05) is 62.9 Å². The van der Waals surface area contributed by atoms with Crippen LogP contribution in [0.2, 0.25) is 0 Å². The van der Waals surface area contributed by atoms with Crippen LogP contribution in [0, 0.1) is 5.92 Å². The average molecular weight is 465 g/mol. The minimum atomic E-state index is -3.91. The van der Waals surface area contributed by atoms with Crippen LogP contribution in [-0.2, 0) is 14.6 Å². The van der Waals surface area contributed by atoms with Crippen molar-refractivity contribution in [2.75, 3.05) is 5.75 Å². The number of hydrogen-bond donors (Lipinski definition) is 2. The van der Waals surface area contributed by atoms with Gasteiger partial charge in [-0.3, -0.25) is 10.1 Å². The van der Waals surface area contributed by atoms with E-state index in [2.05, 4.69) is 10.3 Å². The summed E-state index contributed by atoms with van der Waals surface area (Å²) in [5.74, 6) is -0.488. The molecule has 0 bridgehead atoms. The van der Waals surface area contributed by atoms with E-state index in [-0.39, 0.29) is 10.8 Å². The van der Waals surface area contributed by atoms with E-state index in [0.717, 1.165) is 20.3 Å². The number of thiazole rings is 1. The van der Waals surface area contributed by atoms with Crippen LogP contribution in [0.3, 0.4) is 0 Å². The second-order valence-electron chi connectivity index (χ2n) is 7.10. The third kappa shape index (κ3) is 4.85. The minimum Gasteiger partial charge on any atom is -0.480 e. The molecule has 0 fully saturated rings. The van der Waals surface area contributed by atoms with Crippen molar-refractivity contribution >= 4 is 49.1 Å². The number of nitrogens with zero attached hydrogens (tertiary/aromatic N) is 1. The van der Waals surface area contributed by atoms with Crippen molar-refractivity contribution in [3.63, 3.8) is 0 Å². The number of carbonyl (C=O) groups is 1. The number of carboxylic acid groups (broad SMARTS) is 1. The molecule has 3 rings (SSSR count). The van der Waals surface area contributed by atoms with Gasteiger partial charge in [0.1, 0.15) is 11.4 Å². The Kier molecular flexibility index (Phi) is 7.18. The normalized spacial score (nSPS) is 14.1. The van der Waals surface area contributed by atoms with E-state index in [4.69, 9.17) is 0 Å². The summed E-state index contributed by atoms with van der Waals surface area (Å²) in [6.07, 6.45) is 0. The Labute approximate surface area is 184 Å². The molecule has 0 aliphatic carbocycles. The summed E-state index contributed by atoms with van der Waals surface area (Å²) in [5.41, 5.74) is 1.25. The summed E-state index contributed by atoms with van der Waals surface area (Å²) in [7, 11) is -3.91. The van der Waals surface area contributed by atoms with Crippen LogP contribution in [-0.4, -0.2) is 36.3 Å². The molecule has 6 nitrogen and oxygen atoms in total. The summed E-state index contributed by atoms with van der Waals surface area (Å²) in [6.45, 7) is 5.53. The smallest absolute Gasteiger partial charge is 0.321 e. The quantitative estimate of drug-likeness (QED) is 0.447. The first kappa shape index (κ1) is 22.7. The number of carboxylic acids is 1. The molecular weight excluding hydrogens is 440 g/mol. The molecule has 2 atom stereocenters. The lowest BCUT2D eigenvalue weighted by molar-refractivity contribution is -0.140. The number of thioether (sulfide) groups is 1.